The Morgan fingerprint density at radius 2 is 1.53 bits per heavy atom. The molecule has 1 amide bonds. The van der Waals surface area contributed by atoms with Crippen LogP contribution >= 0.6 is 0 Å². The number of amides is 1. The van der Waals surface area contributed by atoms with Gasteiger partial charge in [-0.3, -0.25) is 9.78 Å². The first-order valence-electron chi connectivity index (χ1n) is 9.01. The molecule has 1 aromatic carbocycles. The summed E-state index contributed by atoms with van der Waals surface area (Å²) in [6.07, 6.45) is -7.01. The van der Waals surface area contributed by atoms with Crippen molar-refractivity contribution in [1.82, 2.24) is 15.3 Å². The lowest BCUT2D eigenvalue weighted by molar-refractivity contribution is -0.139. The monoisotopic (exact) mass is 455 g/mol. The van der Waals surface area contributed by atoms with Gasteiger partial charge in [0.2, 0.25) is 5.88 Å². The third-order valence-electron chi connectivity index (χ3n) is 4.47. The highest BCUT2D eigenvalue weighted by atomic mass is 19.4. The molecular weight excluding hydrogens is 440 g/mol. The number of hydrogen-bond donors (Lipinski definition) is 1. The van der Waals surface area contributed by atoms with Crippen LogP contribution in [0.25, 0.3) is 0 Å². The second-order valence-electron chi connectivity index (χ2n) is 6.52. The number of nitrogens with zero attached hydrogens (tertiary/aromatic N) is 2. The molecule has 1 atom stereocenters. The Bertz CT molecular complexity index is 1100. The van der Waals surface area contributed by atoms with Gasteiger partial charge in [-0.25, -0.2) is 4.98 Å². The second-order valence-corrected chi connectivity index (χ2v) is 6.52. The normalized spacial score (nSPS) is 12.8. The largest absolute Gasteiger partial charge is 0.480 e. The number of carbonyl (C=O) groups is 1. The molecule has 0 fully saturated rings. The summed E-state index contributed by atoms with van der Waals surface area (Å²) in [6.45, 7) is 0. The van der Waals surface area contributed by atoms with Gasteiger partial charge in [0, 0.05) is 12.4 Å². The van der Waals surface area contributed by atoms with E-state index in [4.69, 9.17) is 4.74 Å². The summed E-state index contributed by atoms with van der Waals surface area (Å²) < 4.78 is 84.6. The molecule has 0 saturated heterocycles. The van der Waals surface area contributed by atoms with E-state index in [0.29, 0.717) is 0 Å². The third kappa shape index (κ3) is 4.98. The van der Waals surface area contributed by atoms with Crippen LogP contribution in [-0.4, -0.2) is 23.0 Å². The van der Waals surface area contributed by atoms with Crippen molar-refractivity contribution in [3.05, 3.63) is 88.9 Å². The highest BCUT2D eigenvalue weighted by molar-refractivity contribution is 5.96. The van der Waals surface area contributed by atoms with Crippen molar-refractivity contribution in [3.8, 4) is 5.88 Å². The molecule has 168 valence electrons. The minimum atomic E-state index is -4.82. The van der Waals surface area contributed by atoms with E-state index >= 15 is 0 Å². The van der Waals surface area contributed by atoms with E-state index in [0.717, 1.165) is 42.6 Å². The van der Waals surface area contributed by atoms with Crippen LogP contribution in [0.3, 0.4) is 0 Å². The molecule has 0 spiro atoms. The average Bonchev–Trinajstić information content (AvgIpc) is 2.76. The van der Waals surface area contributed by atoms with Crippen molar-refractivity contribution >= 4 is 5.91 Å². The highest BCUT2D eigenvalue weighted by Crippen LogP contribution is 2.36. The molecule has 0 saturated carbocycles. The molecular formula is C21H15F6N3O2. The topological polar surface area (TPSA) is 64.1 Å². The Labute approximate surface area is 178 Å². The summed E-state index contributed by atoms with van der Waals surface area (Å²) in [5.41, 5.74) is -2.80. The van der Waals surface area contributed by atoms with Crippen LogP contribution in [0.5, 0.6) is 5.88 Å². The zero-order chi connectivity index (χ0) is 23.5. The fourth-order valence-electron chi connectivity index (χ4n) is 3.00. The molecule has 0 bridgehead atoms. The van der Waals surface area contributed by atoms with Gasteiger partial charge in [0.25, 0.3) is 5.91 Å². The fourth-order valence-corrected chi connectivity index (χ4v) is 3.00. The van der Waals surface area contributed by atoms with E-state index in [1.54, 1.807) is 0 Å². The Kier molecular flexibility index (Phi) is 6.37. The number of aromatic nitrogens is 2. The van der Waals surface area contributed by atoms with E-state index in [9.17, 15) is 31.1 Å². The van der Waals surface area contributed by atoms with Gasteiger partial charge in [-0.2, -0.15) is 26.3 Å². The summed E-state index contributed by atoms with van der Waals surface area (Å²) in [5, 5.41) is 2.41. The smallest absolute Gasteiger partial charge is 0.418 e. The number of benzene rings is 1. The van der Waals surface area contributed by atoms with Crippen molar-refractivity contribution in [1.29, 1.82) is 0 Å². The van der Waals surface area contributed by atoms with Gasteiger partial charge >= 0.3 is 12.4 Å². The number of nitrogens with one attached hydrogen (secondary N) is 1. The number of halogens is 6. The Morgan fingerprint density at radius 3 is 2.12 bits per heavy atom. The number of rotatable bonds is 5. The molecule has 3 aromatic rings. The van der Waals surface area contributed by atoms with Crippen molar-refractivity contribution < 1.29 is 35.9 Å². The molecule has 2 heterocycles. The number of ether oxygens (including phenoxy) is 1. The SMILES string of the molecule is COc1ncccc1C(=O)N[C@@H](c1ccc(C(F)(F)F)cc1)c1ncccc1C(F)(F)F. The molecule has 0 aliphatic heterocycles. The Morgan fingerprint density at radius 1 is 0.906 bits per heavy atom. The average molecular weight is 455 g/mol. The first-order valence-corrected chi connectivity index (χ1v) is 9.01. The van der Waals surface area contributed by atoms with Crippen molar-refractivity contribution in [3.63, 3.8) is 0 Å². The summed E-state index contributed by atoms with van der Waals surface area (Å²) in [4.78, 5) is 20.5. The number of pyridine rings is 2. The predicted octanol–water partition coefficient (Wildman–Crippen LogP) is 5.04. The van der Waals surface area contributed by atoms with Crippen molar-refractivity contribution in [2.24, 2.45) is 0 Å². The first kappa shape index (κ1) is 23.0. The van der Waals surface area contributed by atoms with E-state index in [1.807, 2.05) is 0 Å². The number of carbonyl (C=O) groups excluding carboxylic acids is 1. The van der Waals surface area contributed by atoms with Crippen LogP contribution in [0.1, 0.15) is 38.8 Å². The zero-order valence-electron chi connectivity index (χ0n) is 16.3. The van der Waals surface area contributed by atoms with Crippen molar-refractivity contribution in [2.75, 3.05) is 7.11 Å². The van der Waals surface area contributed by atoms with Crippen LogP contribution < -0.4 is 10.1 Å². The maximum Gasteiger partial charge on any atom is 0.418 e. The second kappa shape index (κ2) is 8.85. The van der Waals surface area contributed by atoms with Gasteiger partial charge in [-0.1, -0.05) is 12.1 Å². The van der Waals surface area contributed by atoms with Crippen molar-refractivity contribution in [2.45, 2.75) is 18.4 Å². The molecule has 11 heteroatoms. The summed E-state index contributed by atoms with van der Waals surface area (Å²) in [6, 6.07) is 6.52. The predicted molar refractivity (Wildman–Crippen MR) is 101 cm³/mol. The molecule has 1 N–H and O–H groups in total. The van der Waals surface area contributed by atoms with E-state index < -0.39 is 41.1 Å². The quantitative estimate of drug-likeness (QED) is 0.548. The van der Waals surface area contributed by atoms with E-state index in [2.05, 4.69) is 15.3 Å². The van der Waals surface area contributed by atoms with Gasteiger partial charge in [0.05, 0.1) is 30.0 Å². The molecule has 0 unspecified atom stereocenters. The van der Waals surface area contributed by atoms with Gasteiger partial charge < -0.3 is 10.1 Å². The van der Waals surface area contributed by atoms with Crippen LogP contribution in [-0.2, 0) is 12.4 Å². The summed E-state index contributed by atoms with van der Waals surface area (Å²) in [5.74, 6) is -0.924. The summed E-state index contributed by atoms with van der Waals surface area (Å²) >= 11 is 0. The van der Waals surface area contributed by atoms with Gasteiger partial charge in [0.1, 0.15) is 5.56 Å². The fraction of sp³-hybridized carbons (Fsp3) is 0.190. The minimum absolute atomic E-state index is 0.0293. The van der Waals surface area contributed by atoms with Gasteiger partial charge in [-0.15, -0.1) is 0 Å². The third-order valence-corrected chi connectivity index (χ3v) is 4.47. The maximum atomic E-state index is 13.6. The molecule has 2 aromatic heterocycles. The van der Waals surface area contributed by atoms with Gasteiger partial charge in [0.15, 0.2) is 0 Å². The Balaban J connectivity index is 2.10. The summed E-state index contributed by atoms with van der Waals surface area (Å²) in [7, 11) is 1.26. The van der Waals surface area contributed by atoms with Crippen LogP contribution in [0.15, 0.2) is 60.9 Å². The molecule has 32 heavy (non-hydrogen) atoms. The number of hydrogen-bond acceptors (Lipinski definition) is 4. The Hall–Kier alpha value is -3.63. The van der Waals surface area contributed by atoms with E-state index in [-0.39, 0.29) is 17.0 Å². The van der Waals surface area contributed by atoms with Crippen LogP contribution in [0, 0.1) is 0 Å². The molecule has 0 radical (unpaired) electrons. The number of methoxy groups -OCH3 is 1. The first-order chi connectivity index (χ1) is 15.0. The van der Waals surface area contributed by atoms with Gasteiger partial charge in [-0.05, 0) is 42.0 Å². The van der Waals surface area contributed by atoms with Crippen LogP contribution in [0.4, 0.5) is 26.3 Å². The number of alkyl halides is 6. The zero-order valence-corrected chi connectivity index (χ0v) is 16.3. The molecule has 5 nitrogen and oxygen atoms in total. The lowest BCUT2D eigenvalue weighted by atomic mass is 9.97. The minimum Gasteiger partial charge on any atom is -0.480 e. The molecule has 0 aliphatic carbocycles. The van der Waals surface area contributed by atoms with E-state index in [1.165, 1.54) is 25.4 Å². The highest BCUT2D eigenvalue weighted by Gasteiger charge is 2.37. The maximum absolute atomic E-state index is 13.6. The molecule has 3 rings (SSSR count). The standard InChI is InChI=1S/C21H15F6N3O2/c1-32-19-14(4-2-11-29-19)18(31)30-16(12-6-8-13(9-7-12)20(22,23)24)17-15(21(25,26)27)5-3-10-28-17/h2-11,16H,1H3,(H,30,31)/t16-/m0/s1. The van der Waals surface area contributed by atoms with Crippen LogP contribution in [0.2, 0.25) is 0 Å². The molecule has 0 aliphatic rings. The lowest BCUT2D eigenvalue weighted by Crippen LogP contribution is -2.32. The lowest BCUT2D eigenvalue weighted by Gasteiger charge is -2.23.